The van der Waals surface area contributed by atoms with Crippen LogP contribution < -0.4 is 0 Å². The van der Waals surface area contributed by atoms with Gasteiger partial charge in [0.15, 0.2) is 0 Å². The number of aromatic nitrogens is 1. The smallest absolute Gasteiger partial charge is 0.300 e. The summed E-state index contributed by atoms with van der Waals surface area (Å²) in [6.07, 6.45) is 4.02. The molecule has 0 fully saturated rings. The highest BCUT2D eigenvalue weighted by Gasteiger charge is 2.24. The largest absolute Gasteiger partial charge is 0.331 e. The summed E-state index contributed by atoms with van der Waals surface area (Å²) in [6.45, 7) is 7.57. The topological polar surface area (TPSA) is 76.3 Å². The molecule has 0 radical (unpaired) electrons. The number of amides is 1. The molecule has 0 N–H and O–H groups in total. The van der Waals surface area contributed by atoms with Crippen LogP contribution in [0.2, 0.25) is 5.15 Å². The third-order valence-corrected chi connectivity index (χ3v) is 2.47. The average Bonchev–Trinajstić information content (AvgIpc) is 2.37. The zero-order valence-corrected chi connectivity index (χ0v) is 10.8. The number of halogens is 1. The Hall–Kier alpha value is -2.21. The van der Waals surface area contributed by atoms with Crippen molar-refractivity contribution in [1.29, 1.82) is 0 Å². The van der Waals surface area contributed by atoms with Gasteiger partial charge in [-0.3, -0.25) is 14.9 Å². The van der Waals surface area contributed by atoms with Gasteiger partial charge in [-0.1, -0.05) is 23.8 Å². The third kappa shape index (κ3) is 3.62. The van der Waals surface area contributed by atoms with Gasteiger partial charge in [0.2, 0.25) is 0 Å². The second-order valence-electron chi connectivity index (χ2n) is 3.57. The molecule has 0 saturated heterocycles. The molecule has 1 amide bonds. The fourth-order valence-electron chi connectivity index (χ4n) is 1.46. The van der Waals surface area contributed by atoms with Crippen molar-refractivity contribution in [2.45, 2.75) is 0 Å². The molecule has 0 aliphatic carbocycles. The highest BCUT2D eigenvalue weighted by molar-refractivity contribution is 6.29. The van der Waals surface area contributed by atoms with Crippen LogP contribution in [-0.4, -0.2) is 33.8 Å². The summed E-state index contributed by atoms with van der Waals surface area (Å²) in [5.41, 5.74) is -0.485. The van der Waals surface area contributed by atoms with Crippen molar-refractivity contribution < 1.29 is 9.72 Å². The molecule has 0 aliphatic rings. The summed E-state index contributed by atoms with van der Waals surface area (Å²) in [7, 11) is 0. The molecule has 0 spiro atoms. The van der Waals surface area contributed by atoms with Gasteiger partial charge in [-0.2, -0.15) is 0 Å². The zero-order chi connectivity index (χ0) is 14.4. The van der Waals surface area contributed by atoms with Crippen LogP contribution >= 0.6 is 11.6 Å². The fourth-order valence-corrected chi connectivity index (χ4v) is 1.62. The van der Waals surface area contributed by atoms with Gasteiger partial charge in [-0.25, -0.2) is 4.98 Å². The van der Waals surface area contributed by atoms with Gasteiger partial charge in [0, 0.05) is 13.1 Å². The Kier molecular flexibility index (Phi) is 5.20. The summed E-state index contributed by atoms with van der Waals surface area (Å²) < 4.78 is 0. The molecule has 0 bridgehead atoms. The summed E-state index contributed by atoms with van der Waals surface area (Å²) in [5, 5.41) is 10.9. The number of carbonyl (C=O) groups excluding carboxylic acids is 1. The number of carbonyl (C=O) groups is 1. The van der Waals surface area contributed by atoms with Gasteiger partial charge in [-0.15, -0.1) is 13.2 Å². The van der Waals surface area contributed by atoms with Crippen LogP contribution in [-0.2, 0) is 0 Å². The van der Waals surface area contributed by atoms with Crippen LogP contribution in [0.25, 0.3) is 0 Å². The lowest BCUT2D eigenvalue weighted by Gasteiger charge is -2.19. The Morgan fingerprint density at radius 1 is 1.47 bits per heavy atom. The lowest BCUT2D eigenvalue weighted by Crippen LogP contribution is -2.31. The van der Waals surface area contributed by atoms with E-state index in [1.54, 1.807) is 0 Å². The fraction of sp³-hybridized carbons (Fsp3) is 0.167. The molecule has 6 nitrogen and oxygen atoms in total. The van der Waals surface area contributed by atoms with E-state index in [0.717, 1.165) is 6.20 Å². The van der Waals surface area contributed by atoms with E-state index in [1.165, 1.54) is 23.1 Å². The van der Waals surface area contributed by atoms with Crippen molar-refractivity contribution in [2.24, 2.45) is 0 Å². The van der Waals surface area contributed by atoms with E-state index in [-0.39, 0.29) is 29.5 Å². The molecule has 0 atom stereocenters. The molecule has 0 aliphatic heterocycles. The van der Waals surface area contributed by atoms with Gasteiger partial charge < -0.3 is 4.90 Å². The monoisotopic (exact) mass is 281 g/mol. The second-order valence-corrected chi connectivity index (χ2v) is 3.96. The minimum Gasteiger partial charge on any atom is -0.331 e. The number of rotatable bonds is 6. The quantitative estimate of drug-likeness (QED) is 0.347. The van der Waals surface area contributed by atoms with Crippen LogP contribution in [0.5, 0.6) is 0 Å². The van der Waals surface area contributed by atoms with Crippen molar-refractivity contribution in [3.8, 4) is 0 Å². The summed E-state index contributed by atoms with van der Waals surface area (Å²) in [6, 6.07) is 1.18. The van der Waals surface area contributed by atoms with Gasteiger partial charge in [0.1, 0.15) is 16.9 Å². The average molecular weight is 282 g/mol. The molecule has 100 valence electrons. The van der Waals surface area contributed by atoms with Crippen LogP contribution in [0, 0.1) is 10.1 Å². The first-order valence-electron chi connectivity index (χ1n) is 5.32. The number of hydrogen-bond donors (Lipinski definition) is 0. The molecule has 7 heteroatoms. The highest BCUT2D eigenvalue weighted by Crippen LogP contribution is 2.22. The van der Waals surface area contributed by atoms with Crippen molar-refractivity contribution >= 4 is 23.2 Å². The molecular formula is C12H12ClN3O3. The van der Waals surface area contributed by atoms with Gasteiger partial charge >= 0.3 is 0 Å². The van der Waals surface area contributed by atoms with E-state index in [4.69, 9.17) is 11.6 Å². The van der Waals surface area contributed by atoms with Crippen LogP contribution in [0.3, 0.4) is 0 Å². The highest BCUT2D eigenvalue weighted by atomic mass is 35.5. The maximum Gasteiger partial charge on any atom is 0.300 e. The van der Waals surface area contributed by atoms with E-state index < -0.39 is 10.8 Å². The lowest BCUT2D eigenvalue weighted by molar-refractivity contribution is -0.385. The normalized spacial score (nSPS) is 9.74. The number of nitrogens with zero attached hydrogens (tertiary/aromatic N) is 3. The van der Waals surface area contributed by atoms with Crippen LogP contribution in [0.1, 0.15) is 10.4 Å². The van der Waals surface area contributed by atoms with E-state index in [2.05, 4.69) is 18.1 Å². The second kappa shape index (κ2) is 6.65. The molecule has 1 aromatic rings. The molecule has 19 heavy (non-hydrogen) atoms. The summed E-state index contributed by atoms with van der Waals surface area (Å²) >= 11 is 5.68. The van der Waals surface area contributed by atoms with E-state index in [9.17, 15) is 14.9 Å². The van der Waals surface area contributed by atoms with Gasteiger partial charge in [-0.05, 0) is 6.07 Å². The number of hydrogen-bond acceptors (Lipinski definition) is 4. The van der Waals surface area contributed by atoms with Crippen molar-refractivity contribution in [2.75, 3.05) is 13.1 Å². The number of nitro groups is 1. The van der Waals surface area contributed by atoms with Crippen LogP contribution in [0.15, 0.2) is 37.6 Å². The SMILES string of the molecule is C=CCN(CC=C)C(=O)c1cc(Cl)ncc1[N+](=O)[O-]. The molecule has 0 saturated carbocycles. The molecular weight excluding hydrogens is 270 g/mol. The van der Waals surface area contributed by atoms with Crippen molar-refractivity contribution in [3.63, 3.8) is 0 Å². The Bertz CT molecular complexity index is 521. The molecule has 0 unspecified atom stereocenters. The first kappa shape index (κ1) is 14.8. The Balaban J connectivity index is 3.22. The van der Waals surface area contributed by atoms with Crippen molar-refractivity contribution in [3.05, 3.63) is 58.4 Å². The molecule has 1 aromatic heterocycles. The maximum atomic E-state index is 12.2. The molecule has 1 heterocycles. The molecule has 0 aromatic carbocycles. The van der Waals surface area contributed by atoms with Gasteiger partial charge in [0.25, 0.3) is 11.6 Å². The van der Waals surface area contributed by atoms with Gasteiger partial charge in [0.05, 0.1) is 4.92 Å². The van der Waals surface area contributed by atoms with E-state index in [1.807, 2.05) is 0 Å². The lowest BCUT2D eigenvalue weighted by atomic mass is 10.2. The molecule has 1 rings (SSSR count). The minimum atomic E-state index is -0.670. The predicted octanol–water partition coefficient (Wildman–Crippen LogP) is 2.46. The van der Waals surface area contributed by atoms with E-state index in [0.29, 0.717) is 0 Å². The first-order chi connectivity index (χ1) is 9.01. The first-order valence-corrected chi connectivity index (χ1v) is 5.70. The summed E-state index contributed by atoms with van der Waals surface area (Å²) in [5.74, 6) is -0.518. The van der Waals surface area contributed by atoms with E-state index >= 15 is 0 Å². The van der Waals surface area contributed by atoms with Crippen molar-refractivity contribution in [1.82, 2.24) is 9.88 Å². The van der Waals surface area contributed by atoms with Crippen LogP contribution in [0.4, 0.5) is 5.69 Å². The summed E-state index contributed by atoms with van der Waals surface area (Å²) in [4.78, 5) is 27.4. The zero-order valence-electron chi connectivity index (χ0n) is 10.1. The Morgan fingerprint density at radius 3 is 2.53 bits per heavy atom. The Labute approximate surface area is 115 Å². The third-order valence-electron chi connectivity index (χ3n) is 2.26. The number of pyridine rings is 1. The standard InChI is InChI=1S/C12H12ClN3O3/c1-3-5-15(6-4-2)12(17)9-7-11(13)14-8-10(9)16(18)19/h3-4,7-8H,1-2,5-6H2. The minimum absolute atomic E-state index is 0.0195. The maximum absolute atomic E-state index is 12.2. The Morgan fingerprint density at radius 2 is 2.05 bits per heavy atom. The predicted molar refractivity (Wildman–Crippen MR) is 72.2 cm³/mol.